The summed E-state index contributed by atoms with van der Waals surface area (Å²) < 4.78 is 10.9. The number of halogens is 1. The Kier molecular flexibility index (Phi) is 5.50. The molecule has 0 saturated carbocycles. The summed E-state index contributed by atoms with van der Waals surface area (Å²) in [5.74, 6) is 1.86. The monoisotopic (exact) mass is 300 g/mol. The Morgan fingerprint density at radius 2 is 2.05 bits per heavy atom. The molecular formula is C12H13ClN2O3S. The van der Waals surface area contributed by atoms with Crippen LogP contribution in [-0.4, -0.2) is 27.7 Å². The standard InChI is InChI=1S/C12H13ClN2O3S/c13-9-2-4-10(5-3-9)17-8-11-14-15-12(18-11)19-7-1-6-16/h2-5,16H,1,6-8H2. The molecule has 0 saturated heterocycles. The molecular weight excluding hydrogens is 288 g/mol. The number of nitrogens with zero attached hydrogens (tertiary/aromatic N) is 2. The molecule has 1 aromatic carbocycles. The first kappa shape index (κ1) is 14.2. The van der Waals surface area contributed by atoms with Gasteiger partial charge in [-0.05, 0) is 30.7 Å². The molecule has 2 aromatic rings. The second-order valence-corrected chi connectivity index (χ2v) is 5.11. The lowest BCUT2D eigenvalue weighted by Gasteiger charge is -2.02. The topological polar surface area (TPSA) is 68.4 Å². The van der Waals surface area contributed by atoms with Gasteiger partial charge in [-0.3, -0.25) is 0 Å². The number of thioether (sulfide) groups is 1. The minimum Gasteiger partial charge on any atom is -0.484 e. The van der Waals surface area contributed by atoms with Crippen LogP contribution in [0.3, 0.4) is 0 Å². The Balaban J connectivity index is 1.81. The van der Waals surface area contributed by atoms with Crippen molar-refractivity contribution in [1.29, 1.82) is 0 Å². The highest BCUT2D eigenvalue weighted by Crippen LogP contribution is 2.19. The fourth-order valence-corrected chi connectivity index (χ4v) is 2.08. The Labute approximate surface area is 119 Å². The number of rotatable bonds is 7. The lowest BCUT2D eigenvalue weighted by Crippen LogP contribution is -1.95. The molecule has 1 heterocycles. The third-order valence-corrected chi connectivity index (χ3v) is 3.31. The van der Waals surface area contributed by atoms with E-state index in [0.717, 1.165) is 5.75 Å². The average molecular weight is 301 g/mol. The minimum atomic E-state index is 0.160. The van der Waals surface area contributed by atoms with Crippen LogP contribution in [0.25, 0.3) is 0 Å². The smallest absolute Gasteiger partial charge is 0.276 e. The second-order valence-electron chi connectivity index (χ2n) is 3.63. The Bertz CT molecular complexity index is 504. The van der Waals surface area contributed by atoms with Gasteiger partial charge in [-0.25, -0.2) is 0 Å². The number of aromatic nitrogens is 2. The van der Waals surface area contributed by atoms with Gasteiger partial charge in [0.2, 0.25) is 0 Å². The summed E-state index contributed by atoms with van der Waals surface area (Å²) in [6, 6.07) is 7.05. The van der Waals surface area contributed by atoms with Crippen molar-refractivity contribution >= 4 is 23.4 Å². The van der Waals surface area contributed by atoms with Crippen molar-refractivity contribution in [2.45, 2.75) is 18.3 Å². The fourth-order valence-electron chi connectivity index (χ4n) is 1.25. The van der Waals surface area contributed by atoms with Crippen molar-refractivity contribution < 1.29 is 14.3 Å². The molecule has 102 valence electrons. The molecule has 19 heavy (non-hydrogen) atoms. The molecule has 0 aliphatic carbocycles. The van der Waals surface area contributed by atoms with Gasteiger partial charge in [-0.2, -0.15) is 0 Å². The molecule has 0 amide bonds. The van der Waals surface area contributed by atoms with E-state index in [-0.39, 0.29) is 13.2 Å². The normalized spacial score (nSPS) is 10.6. The molecule has 2 rings (SSSR count). The van der Waals surface area contributed by atoms with Gasteiger partial charge >= 0.3 is 0 Å². The highest BCUT2D eigenvalue weighted by Gasteiger charge is 2.07. The number of benzene rings is 1. The van der Waals surface area contributed by atoms with Gasteiger partial charge in [-0.15, -0.1) is 10.2 Å². The number of hydrogen-bond donors (Lipinski definition) is 1. The molecule has 0 aliphatic heterocycles. The maximum Gasteiger partial charge on any atom is 0.276 e. The Morgan fingerprint density at radius 3 is 2.79 bits per heavy atom. The van der Waals surface area contributed by atoms with Crippen LogP contribution >= 0.6 is 23.4 Å². The van der Waals surface area contributed by atoms with Crippen molar-refractivity contribution in [3.63, 3.8) is 0 Å². The second kappa shape index (κ2) is 7.37. The maximum atomic E-state index is 8.67. The fraction of sp³-hybridized carbons (Fsp3) is 0.333. The van der Waals surface area contributed by atoms with Gasteiger partial charge in [0.1, 0.15) is 5.75 Å². The van der Waals surface area contributed by atoms with Crippen LogP contribution in [0.5, 0.6) is 5.75 Å². The molecule has 0 bridgehead atoms. The van der Waals surface area contributed by atoms with E-state index in [1.54, 1.807) is 24.3 Å². The third kappa shape index (κ3) is 4.74. The van der Waals surface area contributed by atoms with E-state index in [1.165, 1.54) is 11.8 Å². The summed E-state index contributed by atoms with van der Waals surface area (Å²) in [7, 11) is 0. The van der Waals surface area contributed by atoms with E-state index in [4.69, 9.17) is 25.9 Å². The molecule has 7 heteroatoms. The number of aliphatic hydroxyl groups excluding tert-OH is 1. The summed E-state index contributed by atoms with van der Waals surface area (Å²) in [5.41, 5.74) is 0. The molecule has 1 aromatic heterocycles. The quantitative estimate of drug-likeness (QED) is 0.626. The predicted octanol–water partition coefficient (Wildman–Crippen LogP) is 2.78. The van der Waals surface area contributed by atoms with Crippen LogP contribution in [0, 0.1) is 0 Å². The number of hydrogen-bond acceptors (Lipinski definition) is 6. The highest BCUT2D eigenvalue weighted by molar-refractivity contribution is 7.99. The van der Waals surface area contributed by atoms with Crippen molar-refractivity contribution in [1.82, 2.24) is 10.2 Å². The summed E-state index contributed by atoms with van der Waals surface area (Å²) in [5, 5.41) is 17.6. The van der Waals surface area contributed by atoms with E-state index in [9.17, 15) is 0 Å². The van der Waals surface area contributed by atoms with Gasteiger partial charge in [0.05, 0.1) is 0 Å². The molecule has 0 fully saturated rings. The lowest BCUT2D eigenvalue weighted by atomic mass is 10.3. The van der Waals surface area contributed by atoms with Gasteiger partial charge in [0.15, 0.2) is 6.61 Å². The van der Waals surface area contributed by atoms with Crippen molar-refractivity contribution in [3.05, 3.63) is 35.2 Å². The molecule has 0 atom stereocenters. The van der Waals surface area contributed by atoms with Gasteiger partial charge in [-0.1, -0.05) is 23.4 Å². The zero-order chi connectivity index (χ0) is 13.5. The highest BCUT2D eigenvalue weighted by atomic mass is 35.5. The third-order valence-electron chi connectivity index (χ3n) is 2.15. The molecule has 0 spiro atoms. The average Bonchev–Trinajstić information content (AvgIpc) is 2.86. The summed E-state index contributed by atoms with van der Waals surface area (Å²) in [6.45, 7) is 0.378. The van der Waals surface area contributed by atoms with Crippen LogP contribution in [0.15, 0.2) is 33.9 Å². The molecule has 0 radical (unpaired) electrons. The number of aliphatic hydroxyl groups is 1. The van der Waals surface area contributed by atoms with Crippen LogP contribution in [0.1, 0.15) is 12.3 Å². The summed E-state index contributed by atoms with van der Waals surface area (Å²) >= 11 is 7.19. The maximum absolute atomic E-state index is 8.67. The molecule has 5 nitrogen and oxygen atoms in total. The Hall–Kier alpha value is -1.24. The first-order valence-corrected chi connectivity index (χ1v) is 7.08. The van der Waals surface area contributed by atoms with E-state index in [0.29, 0.717) is 28.3 Å². The zero-order valence-electron chi connectivity index (χ0n) is 10.1. The Morgan fingerprint density at radius 1 is 1.26 bits per heavy atom. The largest absolute Gasteiger partial charge is 0.484 e. The van der Waals surface area contributed by atoms with Crippen LogP contribution < -0.4 is 4.74 Å². The molecule has 0 unspecified atom stereocenters. The number of ether oxygens (including phenoxy) is 1. The van der Waals surface area contributed by atoms with Crippen molar-refractivity contribution in [2.75, 3.05) is 12.4 Å². The van der Waals surface area contributed by atoms with E-state index in [2.05, 4.69) is 10.2 Å². The van der Waals surface area contributed by atoms with Gasteiger partial charge in [0.25, 0.3) is 11.1 Å². The molecule has 0 aliphatic rings. The first-order chi connectivity index (χ1) is 9.28. The van der Waals surface area contributed by atoms with Crippen LogP contribution in [-0.2, 0) is 6.61 Å². The summed E-state index contributed by atoms with van der Waals surface area (Å²) in [6.07, 6.45) is 0.698. The van der Waals surface area contributed by atoms with Crippen molar-refractivity contribution in [3.8, 4) is 5.75 Å². The van der Waals surface area contributed by atoms with E-state index in [1.807, 2.05) is 0 Å². The van der Waals surface area contributed by atoms with Gasteiger partial charge in [0, 0.05) is 17.4 Å². The van der Waals surface area contributed by atoms with E-state index >= 15 is 0 Å². The minimum absolute atomic E-state index is 0.160. The lowest BCUT2D eigenvalue weighted by molar-refractivity contribution is 0.252. The van der Waals surface area contributed by atoms with Gasteiger partial charge < -0.3 is 14.3 Å². The summed E-state index contributed by atoms with van der Waals surface area (Å²) in [4.78, 5) is 0. The first-order valence-electron chi connectivity index (χ1n) is 5.72. The predicted molar refractivity (Wildman–Crippen MR) is 72.5 cm³/mol. The molecule has 1 N–H and O–H groups in total. The zero-order valence-corrected chi connectivity index (χ0v) is 11.7. The van der Waals surface area contributed by atoms with Crippen LogP contribution in [0.4, 0.5) is 0 Å². The van der Waals surface area contributed by atoms with Crippen molar-refractivity contribution in [2.24, 2.45) is 0 Å². The van der Waals surface area contributed by atoms with Crippen LogP contribution in [0.2, 0.25) is 5.02 Å². The van der Waals surface area contributed by atoms with E-state index < -0.39 is 0 Å². The SMILES string of the molecule is OCCCSc1nnc(COc2ccc(Cl)cc2)o1.